The van der Waals surface area contributed by atoms with Crippen molar-refractivity contribution in [1.29, 1.82) is 0 Å². The first-order valence-corrected chi connectivity index (χ1v) is 8.76. The van der Waals surface area contributed by atoms with Crippen LogP contribution in [0.3, 0.4) is 0 Å². The summed E-state index contributed by atoms with van der Waals surface area (Å²) in [5, 5.41) is 0. The highest BCUT2D eigenvalue weighted by molar-refractivity contribution is 7.89. The van der Waals surface area contributed by atoms with E-state index in [0.717, 1.165) is 18.2 Å². The quantitative estimate of drug-likeness (QED) is 0.836. The summed E-state index contributed by atoms with van der Waals surface area (Å²) in [4.78, 5) is 15.1. The van der Waals surface area contributed by atoms with Gasteiger partial charge in [-0.3, -0.25) is 9.69 Å². The van der Waals surface area contributed by atoms with E-state index in [0.29, 0.717) is 0 Å². The predicted octanol–water partition coefficient (Wildman–Crippen LogP) is 0.757. The Hall–Kier alpha value is -1.65. The molecule has 0 aromatic heterocycles. The zero-order valence-corrected chi connectivity index (χ0v) is 13.8. The molecule has 1 aromatic carbocycles. The smallest absolute Gasteiger partial charge is 0.256 e. The summed E-state index contributed by atoms with van der Waals surface area (Å²) in [5.74, 6) is -1.48. The van der Waals surface area contributed by atoms with Crippen LogP contribution in [-0.4, -0.2) is 70.3 Å². The first kappa shape index (κ1) is 18.7. The molecule has 1 saturated heterocycles. The van der Waals surface area contributed by atoms with Crippen molar-refractivity contribution in [3.05, 3.63) is 29.6 Å². The lowest BCUT2D eigenvalue weighted by molar-refractivity contribution is 0.0456. The number of carbonyl (C=O) groups is 1. The molecule has 24 heavy (non-hydrogen) atoms. The number of sulfonamides is 1. The molecule has 1 amide bonds. The van der Waals surface area contributed by atoms with Gasteiger partial charge in [0.1, 0.15) is 5.82 Å². The molecule has 0 unspecified atom stereocenters. The Morgan fingerprint density at radius 2 is 1.88 bits per heavy atom. The molecular weight excluding hydrogens is 347 g/mol. The van der Waals surface area contributed by atoms with Crippen LogP contribution in [0.4, 0.5) is 13.2 Å². The van der Waals surface area contributed by atoms with Crippen molar-refractivity contribution in [3.8, 4) is 0 Å². The van der Waals surface area contributed by atoms with E-state index in [1.807, 2.05) is 0 Å². The van der Waals surface area contributed by atoms with Crippen molar-refractivity contribution >= 4 is 15.9 Å². The van der Waals surface area contributed by atoms with Crippen LogP contribution in [0.2, 0.25) is 0 Å². The highest BCUT2D eigenvalue weighted by Gasteiger charge is 2.26. The van der Waals surface area contributed by atoms with E-state index in [1.54, 1.807) is 0 Å². The minimum Gasteiger partial charge on any atom is -0.336 e. The molecule has 1 heterocycles. The van der Waals surface area contributed by atoms with Crippen LogP contribution in [0.25, 0.3) is 0 Å². The van der Waals surface area contributed by atoms with Gasteiger partial charge in [0.25, 0.3) is 12.3 Å². The highest BCUT2D eigenvalue weighted by atomic mass is 32.2. The highest BCUT2D eigenvalue weighted by Crippen LogP contribution is 2.18. The van der Waals surface area contributed by atoms with E-state index in [2.05, 4.69) is 4.72 Å². The summed E-state index contributed by atoms with van der Waals surface area (Å²) in [6, 6.07) is 2.97. The van der Waals surface area contributed by atoms with Crippen LogP contribution in [-0.2, 0) is 10.0 Å². The number of rotatable bonds is 5. The second-order valence-corrected chi connectivity index (χ2v) is 7.22. The lowest BCUT2D eigenvalue weighted by Gasteiger charge is -2.34. The molecular formula is C14H18F3N3O3S. The number of hydrogen-bond donors (Lipinski definition) is 1. The minimum atomic E-state index is -3.80. The first-order valence-electron chi connectivity index (χ1n) is 7.27. The van der Waals surface area contributed by atoms with E-state index in [9.17, 15) is 26.4 Å². The maximum Gasteiger partial charge on any atom is 0.256 e. The molecule has 134 valence electrons. The van der Waals surface area contributed by atoms with Gasteiger partial charge < -0.3 is 4.90 Å². The van der Waals surface area contributed by atoms with Gasteiger partial charge in [-0.1, -0.05) is 0 Å². The molecule has 1 aliphatic rings. The van der Waals surface area contributed by atoms with E-state index >= 15 is 0 Å². The van der Waals surface area contributed by atoms with Gasteiger partial charge >= 0.3 is 0 Å². The third-order valence-corrected chi connectivity index (χ3v) is 5.21. The lowest BCUT2D eigenvalue weighted by Crippen LogP contribution is -2.49. The zero-order chi connectivity index (χ0) is 17.9. The Labute approximate surface area is 138 Å². The summed E-state index contributed by atoms with van der Waals surface area (Å²) < 4.78 is 64.3. The number of carbonyl (C=O) groups excluding carboxylic acids is 1. The Morgan fingerprint density at radius 3 is 2.42 bits per heavy atom. The van der Waals surface area contributed by atoms with Crippen molar-refractivity contribution in [2.75, 3.05) is 39.8 Å². The fraction of sp³-hybridized carbons (Fsp3) is 0.500. The van der Waals surface area contributed by atoms with E-state index < -0.39 is 28.2 Å². The van der Waals surface area contributed by atoms with E-state index in [4.69, 9.17) is 0 Å². The Kier molecular flexibility index (Phi) is 5.83. The van der Waals surface area contributed by atoms with Gasteiger partial charge in [0.15, 0.2) is 0 Å². The molecule has 0 bridgehead atoms. The van der Waals surface area contributed by atoms with Crippen molar-refractivity contribution in [3.63, 3.8) is 0 Å². The Bertz CT molecular complexity index is 704. The average molecular weight is 365 g/mol. The number of benzene rings is 1. The summed E-state index contributed by atoms with van der Waals surface area (Å²) in [6.45, 7) is 0.493. The SMILES string of the molecule is CNS(=O)(=O)c1ccc(F)c(C(=O)N2CCN(CC(F)F)CC2)c1. The van der Waals surface area contributed by atoms with Gasteiger partial charge in [0.05, 0.1) is 17.0 Å². The number of piperazine rings is 1. The van der Waals surface area contributed by atoms with Crippen molar-refractivity contribution < 1.29 is 26.4 Å². The summed E-state index contributed by atoms with van der Waals surface area (Å²) in [7, 11) is -2.59. The predicted molar refractivity (Wildman–Crippen MR) is 81.0 cm³/mol. The first-order chi connectivity index (χ1) is 11.2. The maximum atomic E-state index is 13.9. The Balaban J connectivity index is 2.15. The number of nitrogens with one attached hydrogen (secondary N) is 1. The molecule has 1 aromatic rings. The molecule has 1 fully saturated rings. The molecule has 6 nitrogen and oxygen atoms in total. The van der Waals surface area contributed by atoms with Gasteiger partial charge in [0, 0.05) is 26.2 Å². The van der Waals surface area contributed by atoms with E-state index in [1.165, 1.54) is 16.8 Å². The van der Waals surface area contributed by atoms with Crippen LogP contribution < -0.4 is 4.72 Å². The third kappa shape index (κ3) is 4.25. The van der Waals surface area contributed by atoms with Crippen LogP contribution in [0, 0.1) is 5.82 Å². The number of halogens is 3. The molecule has 1 N–H and O–H groups in total. The Morgan fingerprint density at radius 1 is 1.25 bits per heavy atom. The third-order valence-electron chi connectivity index (χ3n) is 3.80. The van der Waals surface area contributed by atoms with Crippen molar-refractivity contribution in [2.45, 2.75) is 11.3 Å². The molecule has 0 atom stereocenters. The van der Waals surface area contributed by atoms with Gasteiger partial charge in [-0.15, -0.1) is 0 Å². The fourth-order valence-electron chi connectivity index (χ4n) is 2.45. The molecule has 0 spiro atoms. The summed E-state index contributed by atoms with van der Waals surface area (Å²) in [6.07, 6.45) is -2.45. The average Bonchev–Trinajstić information content (AvgIpc) is 2.54. The van der Waals surface area contributed by atoms with Crippen LogP contribution in [0.1, 0.15) is 10.4 Å². The number of nitrogens with zero attached hydrogens (tertiary/aromatic N) is 2. The van der Waals surface area contributed by atoms with Crippen LogP contribution in [0.5, 0.6) is 0 Å². The fourth-order valence-corrected chi connectivity index (χ4v) is 3.21. The normalized spacial score (nSPS) is 16.6. The molecule has 2 rings (SSSR count). The largest absolute Gasteiger partial charge is 0.336 e. The standard InChI is InChI=1S/C14H18F3N3O3S/c1-18-24(22,23)10-2-3-12(15)11(8-10)14(21)20-6-4-19(5-7-20)9-13(16)17/h2-3,8,13,18H,4-7,9H2,1H3. The summed E-state index contributed by atoms with van der Waals surface area (Å²) in [5.41, 5.74) is -0.353. The molecule has 0 radical (unpaired) electrons. The number of amides is 1. The molecule has 0 saturated carbocycles. The van der Waals surface area contributed by atoms with Gasteiger partial charge in [-0.25, -0.2) is 26.3 Å². The van der Waals surface area contributed by atoms with Gasteiger partial charge in [0.2, 0.25) is 10.0 Å². The second kappa shape index (κ2) is 7.49. The van der Waals surface area contributed by atoms with Gasteiger partial charge in [-0.05, 0) is 25.2 Å². The lowest BCUT2D eigenvalue weighted by atomic mass is 10.1. The second-order valence-electron chi connectivity index (χ2n) is 5.33. The van der Waals surface area contributed by atoms with Crippen molar-refractivity contribution in [1.82, 2.24) is 14.5 Å². The zero-order valence-electron chi connectivity index (χ0n) is 13.0. The minimum absolute atomic E-state index is 0.175. The molecule has 10 heteroatoms. The number of hydrogen-bond acceptors (Lipinski definition) is 4. The monoisotopic (exact) mass is 365 g/mol. The van der Waals surface area contributed by atoms with E-state index in [-0.39, 0.29) is 43.2 Å². The molecule has 0 aliphatic carbocycles. The molecule has 1 aliphatic heterocycles. The maximum absolute atomic E-state index is 13.9. The topological polar surface area (TPSA) is 69.7 Å². The van der Waals surface area contributed by atoms with Gasteiger partial charge in [-0.2, -0.15) is 0 Å². The van der Waals surface area contributed by atoms with Crippen LogP contribution in [0.15, 0.2) is 23.1 Å². The number of alkyl halides is 2. The summed E-state index contributed by atoms with van der Waals surface area (Å²) >= 11 is 0. The van der Waals surface area contributed by atoms with Crippen LogP contribution >= 0.6 is 0 Å². The van der Waals surface area contributed by atoms with Crippen molar-refractivity contribution in [2.24, 2.45) is 0 Å².